The number of ether oxygens (including phenoxy) is 2. The van der Waals surface area contributed by atoms with Crippen molar-refractivity contribution in [1.29, 1.82) is 0 Å². The number of nitrogens with one attached hydrogen (secondary N) is 2. The molecule has 5 nitrogen and oxygen atoms in total. The van der Waals surface area contributed by atoms with Gasteiger partial charge in [0, 0.05) is 22.6 Å². The van der Waals surface area contributed by atoms with Crippen molar-refractivity contribution in [1.82, 2.24) is 0 Å². The second-order valence-electron chi connectivity index (χ2n) is 7.80. The lowest BCUT2D eigenvalue weighted by molar-refractivity contribution is -0.116. The summed E-state index contributed by atoms with van der Waals surface area (Å²) in [6, 6.07) is 18.0. The van der Waals surface area contributed by atoms with Gasteiger partial charge in [-0.3, -0.25) is 4.79 Å². The van der Waals surface area contributed by atoms with E-state index in [1.807, 2.05) is 42.5 Å². The Balaban J connectivity index is 1.56. The largest absolute Gasteiger partial charge is 0.493 e. The standard InChI is InChI=1S/C25H24N2O3S/c1-29-21-10-9-15(14-22(21)30-2)16-12-19-24(20(28)13-16)25(23-8-5-11-31-23)27-18-7-4-3-6-17(18)26-19/h3-11,14,16,25-27H,12-13H2,1-2H3/t16-,25+/m1/s1. The summed E-state index contributed by atoms with van der Waals surface area (Å²) < 4.78 is 10.9. The molecule has 0 spiro atoms. The van der Waals surface area contributed by atoms with E-state index >= 15 is 0 Å². The molecule has 2 heterocycles. The summed E-state index contributed by atoms with van der Waals surface area (Å²) in [5, 5.41) is 9.25. The zero-order chi connectivity index (χ0) is 21.4. The van der Waals surface area contributed by atoms with E-state index in [0.29, 0.717) is 17.9 Å². The number of Topliss-reactive ketones (excluding diaryl/α,β-unsaturated/α-hetero) is 1. The second kappa shape index (κ2) is 8.12. The van der Waals surface area contributed by atoms with Crippen LogP contribution in [0.5, 0.6) is 11.5 Å². The van der Waals surface area contributed by atoms with Crippen molar-refractivity contribution in [3.63, 3.8) is 0 Å². The van der Waals surface area contributed by atoms with Crippen LogP contribution in [0.15, 0.2) is 71.2 Å². The first-order valence-corrected chi connectivity index (χ1v) is 11.2. The molecular formula is C25H24N2O3S. The van der Waals surface area contributed by atoms with Gasteiger partial charge in [0.15, 0.2) is 17.3 Å². The van der Waals surface area contributed by atoms with Crippen LogP contribution in [0, 0.1) is 0 Å². The van der Waals surface area contributed by atoms with E-state index in [1.165, 1.54) is 0 Å². The lowest BCUT2D eigenvalue weighted by atomic mass is 9.79. The van der Waals surface area contributed by atoms with Crippen molar-refractivity contribution in [2.24, 2.45) is 0 Å². The van der Waals surface area contributed by atoms with Crippen LogP contribution < -0.4 is 20.1 Å². The van der Waals surface area contributed by atoms with Gasteiger partial charge in [0.2, 0.25) is 0 Å². The van der Waals surface area contributed by atoms with Gasteiger partial charge in [-0.1, -0.05) is 24.3 Å². The van der Waals surface area contributed by atoms with Gasteiger partial charge in [0.25, 0.3) is 0 Å². The first-order valence-electron chi connectivity index (χ1n) is 10.3. The van der Waals surface area contributed by atoms with Gasteiger partial charge in [0.1, 0.15) is 0 Å². The molecule has 0 saturated heterocycles. The normalized spacial score (nSPS) is 20.1. The number of benzene rings is 2. The highest BCUT2D eigenvalue weighted by atomic mass is 32.1. The molecule has 0 amide bonds. The highest BCUT2D eigenvalue weighted by Gasteiger charge is 2.36. The highest BCUT2D eigenvalue weighted by molar-refractivity contribution is 7.10. The van der Waals surface area contributed by atoms with Gasteiger partial charge >= 0.3 is 0 Å². The molecule has 6 heteroatoms. The number of anilines is 2. The maximum absolute atomic E-state index is 13.5. The zero-order valence-electron chi connectivity index (χ0n) is 17.5. The summed E-state index contributed by atoms with van der Waals surface area (Å²) >= 11 is 1.67. The summed E-state index contributed by atoms with van der Waals surface area (Å²) in [6.07, 6.45) is 1.23. The van der Waals surface area contributed by atoms with Crippen molar-refractivity contribution in [3.8, 4) is 11.5 Å². The van der Waals surface area contributed by atoms with E-state index in [2.05, 4.69) is 28.1 Å². The summed E-state index contributed by atoms with van der Waals surface area (Å²) in [5.41, 5.74) is 4.92. The number of carbonyl (C=O) groups is 1. The molecule has 1 aliphatic heterocycles. The predicted molar refractivity (Wildman–Crippen MR) is 124 cm³/mol. The van der Waals surface area contributed by atoms with Crippen LogP contribution in [0.1, 0.15) is 35.2 Å². The number of allylic oxidation sites excluding steroid dienone is 1. The Bertz CT molecular complexity index is 1150. The Morgan fingerprint density at radius 1 is 0.935 bits per heavy atom. The summed E-state index contributed by atoms with van der Waals surface area (Å²) in [5.74, 6) is 1.63. The Morgan fingerprint density at radius 2 is 1.74 bits per heavy atom. The molecule has 3 aromatic rings. The molecule has 0 fully saturated rings. The summed E-state index contributed by atoms with van der Waals surface area (Å²) in [4.78, 5) is 14.7. The number of thiophene rings is 1. The van der Waals surface area contributed by atoms with Crippen LogP contribution in [0.3, 0.4) is 0 Å². The molecule has 1 aromatic heterocycles. The minimum absolute atomic E-state index is 0.0767. The van der Waals surface area contributed by atoms with Crippen LogP contribution in [-0.2, 0) is 4.79 Å². The van der Waals surface area contributed by atoms with Crippen molar-refractivity contribution in [3.05, 3.63) is 81.7 Å². The number of rotatable bonds is 4. The molecule has 31 heavy (non-hydrogen) atoms. The Labute approximate surface area is 185 Å². The molecular weight excluding hydrogens is 408 g/mol. The molecule has 0 saturated carbocycles. The fraction of sp³-hybridized carbons (Fsp3) is 0.240. The van der Waals surface area contributed by atoms with Crippen LogP contribution in [-0.4, -0.2) is 20.0 Å². The highest BCUT2D eigenvalue weighted by Crippen LogP contribution is 2.45. The summed E-state index contributed by atoms with van der Waals surface area (Å²) in [7, 11) is 3.26. The van der Waals surface area contributed by atoms with Crippen molar-refractivity contribution in [2.45, 2.75) is 24.8 Å². The monoisotopic (exact) mass is 432 g/mol. The van der Waals surface area contributed by atoms with E-state index in [9.17, 15) is 4.79 Å². The van der Waals surface area contributed by atoms with Gasteiger partial charge < -0.3 is 20.1 Å². The fourth-order valence-corrected chi connectivity index (χ4v) is 5.29. The molecule has 1 aliphatic carbocycles. The molecule has 2 aromatic carbocycles. The van der Waals surface area contributed by atoms with Crippen LogP contribution in [0.4, 0.5) is 11.4 Å². The van der Waals surface area contributed by atoms with Crippen molar-refractivity contribution in [2.75, 3.05) is 24.9 Å². The van der Waals surface area contributed by atoms with E-state index in [-0.39, 0.29) is 17.7 Å². The maximum atomic E-state index is 13.5. The first-order chi connectivity index (χ1) is 15.2. The van der Waals surface area contributed by atoms with Gasteiger partial charge in [-0.15, -0.1) is 11.3 Å². The van der Waals surface area contributed by atoms with Gasteiger partial charge in [-0.2, -0.15) is 0 Å². The third-order valence-corrected chi connectivity index (χ3v) is 6.95. The summed E-state index contributed by atoms with van der Waals surface area (Å²) in [6.45, 7) is 0. The van der Waals surface area contributed by atoms with Crippen molar-refractivity contribution < 1.29 is 14.3 Å². The number of para-hydroxylation sites is 2. The van der Waals surface area contributed by atoms with Crippen LogP contribution in [0.25, 0.3) is 0 Å². The Kier molecular flexibility index (Phi) is 5.16. The van der Waals surface area contributed by atoms with E-state index in [0.717, 1.165) is 39.5 Å². The Hall–Kier alpha value is -3.25. The van der Waals surface area contributed by atoms with E-state index < -0.39 is 0 Å². The topological polar surface area (TPSA) is 59.6 Å². The minimum atomic E-state index is -0.148. The third kappa shape index (κ3) is 3.57. The number of ketones is 1. The number of hydrogen-bond acceptors (Lipinski definition) is 6. The molecule has 0 radical (unpaired) electrons. The molecule has 0 bridgehead atoms. The van der Waals surface area contributed by atoms with Crippen molar-refractivity contribution >= 4 is 28.5 Å². The average molecular weight is 433 g/mol. The lowest BCUT2D eigenvalue weighted by Crippen LogP contribution is -2.26. The number of fused-ring (bicyclic) bond motifs is 1. The first kappa shape index (κ1) is 19.7. The van der Waals surface area contributed by atoms with E-state index in [4.69, 9.17) is 9.47 Å². The number of methoxy groups -OCH3 is 2. The van der Waals surface area contributed by atoms with Gasteiger partial charge in [-0.05, 0) is 53.6 Å². The zero-order valence-corrected chi connectivity index (χ0v) is 18.3. The van der Waals surface area contributed by atoms with E-state index in [1.54, 1.807) is 25.6 Å². The molecule has 158 valence electrons. The average Bonchev–Trinajstić information content (AvgIpc) is 3.27. The molecule has 2 aliphatic rings. The number of hydrogen-bond donors (Lipinski definition) is 2. The Morgan fingerprint density at radius 3 is 2.48 bits per heavy atom. The minimum Gasteiger partial charge on any atom is -0.493 e. The molecule has 2 atom stereocenters. The van der Waals surface area contributed by atoms with Crippen LogP contribution in [0.2, 0.25) is 0 Å². The maximum Gasteiger partial charge on any atom is 0.163 e. The lowest BCUT2D eigenvalue weighted by Gasteiger charge is -2.29. The van der Waals surface area contributed by atoms with Gasteiger partial charge in [0.05, 0.1) is 31.6 Å². The van der Waals surface area contributed by atoms with Crippen LogP contribution >= 0.6 is 11.3 Å². The fourth-order valence-electron chi connectivity index (χ4n) is 4.50. The molecule has 0 unspecified atom stereocenters. The second-order valence-corrected chi connectivity index (χ2v) is 8.78. The SMILES string of the molecule is COc1ccc([C@H]2CC(=O)C3=C(C2)Nc2ccccc2N[C@H]3c2cccs2)cc1OC. The predicted octanol–water partition coefficient (Wildman–Crippen LogP) is 5.74. The number of carbonyl (C=O) groups excluding carboxylic acids is 1. The quantitative estimate of drug-likeness (QED) is 0.550. The van der Waals surface area contributed by atoms with Gasteiger partial charge in [-0.25, -0.2) is 0 Å². The smallest absolute Gasteiger partial charge is 0.163 e. The molecule has 2 N–H and O–H groups in total. The molecule has 5 rings (SSSR count). The third-order valence-electron chi connectivity index (χ3n) is 6.02.